The van der Waals surface area contributed by atoms with Crippen molar-refractivity contribution in [1.82, 2.24) is 4.90 Å². The summed E-state index contributed by atoms with van der Waals surface area (Å²) in [6, 6.07) is 11.4. The highest BCUT2D eigenvalue weighted by atomic mass is 32.1. The zero-order valence-corrected chi connectivity index (χ0v) is 17.2. The molecule has 3 heterocycles. The summed E-state index contributed by atoms with van der Waals surface area (Å²) in [5.41, 5.74) is 0.826. The molecule has 0 N–H and O–H groups in total. The Balaban J connectivity index is 1.38. The molecule has 4 rings (SSSR count). The van der Waals surface area contributed by atoms with Crippen LogP contribution in [0.4, 0.5) is 5.69 Å². The summed E-state index contributed by atoms with van der Waals surface area (Å²) in [6.45, 7) is 2.63. The lowest BCUT2D eigenvalue weighted by Crippen LogP contribution is -2.39. The van der Waals surface area contributed by atoms with Gasteiger partial charge in [-0.15, -0.1) is 11.3 Å². The summed E-state index contributed by atoms with van der Waals surface area (Å²) in [7, 11) is 0. The van der Waals surface area contributed by atoms with E-state index in [2.05, 4.69) is 0 Å². The van der Waals surface area contributed by atoms with Crippen molar-refractivity contribution in [2.45, 2.75) is 38.3 Å². The zero-order valence-electron chi connectivity index (χ0n) is 16.4. The fraction of sp³-hybridized carbons (Fsp3) is 0.455. The molecule has 1 aromatic carbocycles. The number of thiophene rings is 1. The predicted molar refractivity (Wildman–Crippen MR) is 112 cm³/mol. The Morgan fingerprint density at radius 2 is 2.21 bits per heavy atom. The fourth-order valence-corrected chi connectivity index (χ4v) is 4.50. The molecule has 7 heteroatoms. The van der Waals surface area contributed by atoms with Crippen molar-refractivity contribution in [2.24, 2.45) is 0 Å². The molecule has 1 unspecified atom stereocenters. The average Bonchev–Trinajstić information content (AvgIpc) is 3.49. The summed E-state index contributed by atoms with van der Waals surface area (Å²) in [6.07, 6.45) is 3.60. The van der Waals surface area contributed by atoms with Crippen LogP contribution in [0.1, 0.15) is 30.6 Å². The maximum Gasteiger partial charge on any atom is 0.260 e. The number of carbonyl (C=O) groups excluding carboxylic acids is 2. The van der Waals surface area contributed by atoms with Crippen LogP contribution in [0.15, 0.2) is 41.8 Å². The monoisotopic (exact) mass is 414 g/mol. The normalized spacial score (nSPS) is 19.0. The van der Waals surface area contributed by atoms with Gasteiger partial charge in [-0.3, -0.25) is 9.59 Å². The van der Waals surface area contributed by atoms with Gasteiger partial charge in [-0.2, -0.15) is 0 Å². The molecule has 2 saturated heterocycles. The van der Waals surface area contributed by atoms with E-state index in [4.69, 9.17) is 9.47 Å². The highest BCUT2D eigenvalue weighted by molar-refractivity contribution is 7.09. The SMILES string of the molecule is O=C(COc1cccc(N2CCCC2=O)c1)N(Cc1cccs1)CC1CCCO1. The first kappa shape index (κ1) is 19.9. The van der Waals surface area contributed by atoms with E-state index in [1.165, 1.54) is 0 Å². The van der Waals surface area contributed by atoms with E-state index in [1.54, 1.807) is 16.2 Å². The van der Waals surface area contributed by atoms with E-state index in [0.717, 1.165) is 43.0 Å². The van der Waals surface area contributed by atoms with Crippen LogP contribution >= 0.6 is 11.3 Å². The second-order valence-corrected chi connectivity index (χ2v) is 8.46. The zero-order chi connectivity index (χ0) is 20.1. The third-order valence-electron chi connectivity index (χ3n) is 5.29. The van der Waals surface area contributed by atoms with Crippen molar-refractivity contribution in [3.8, 4) is 5.75 Å². The molecule has 0 aliphatic carbocycles. The molecule has 2 fully saturated rings. The molecular formula is C22H26N2O4S. The third-order valence-corrected chi connectivity index (χ3v) is 6.15. The van der Waals surface area contributed by atoms with Crippen molar-refractivity contribution >= 4 is 28.8 Å². The molecule has 0 bridgehead atoms. The first-order valence-electron chi connectivity index (χ1n) is 10.1. The fourth-order valence-electron chi connectivity index (χ4n) is 3.78. The van der Waals surface area contributed by atoms with Crippen molar-refractivity contribution in [1.29, 1.82) is 0 Å². The van der Waals surface area contributed by atoms with Crippen molar-refractivity contribution in [2.75, 3.05) is 31.2 Å². The molecular weight excluding hydrogens is 388 g/mol. The summed E-state index contributed by atoms with van der Waals surface area (Å²) in [5, 5.41) is 2.02. The van der Waals surface area contributed by atoms with Gasteiger partial charge >= 0.3 is 0 Å². The van der Waals surface area contributed by atoms with E-state index < -0.39 is 0 Å². The summed E-state index contributed by atoms with van der Waals surface area (Å²) >= 11 is 1.64. The number of carbonyl (C=O) groups is 2. The van der Waals surface area contributed by atoms with E-state index in [9.17, 15) is 9.59 Å². The average molecular weight is 415 g/mol. The number of rotatable bonds is 8. The van der Waals surface area contributed by atoms with Crippen LogP contribution in [0.3, 0.4) is 0 Å². The van der Waals surface area contributed by atoms with Crippen LogP contribution in [0.2, 0.25) is 0 Å². The lowest BCUT2D eigenvalue weighted by atomic mass is 10.2. The second-order valence-electron chi connectivity index (χ2n) is 7.42. The number of nitrogens with zero attached hydrogens (tertiary/aromatic N) is 2. The Bertz CT molecular complexity index is 833. The van der Waals surface area contributed by atoms with Crippen molar-refractivity contribution in [3.05, 3.63) is 46.7 Å². The molecule has 2 amide bonds. The lowest BCUT2D eigenvalue weighted by molar-refractivity contribution is -0.135. The minimum atomic E-state index is -0.0587. The highest BCUT2D eigenvalue weighted by Crippen LogP contribution is 2.25. The number of anilines is 1. The smallest absolute Gasteiger partial charge is 0.260 e. The standard InChI is InChI=1S/C22H26N2O4S/c25-21-9-2-10-24(21)17-5-1-6-18(13-17)28-16-22(26)23(14-19-7-3-11-27-19)15-20-8-4-12-29-20/h1,4-6,8,12-13,19H,2-3,7,9-11,14-16H2. The van der Waals surface area contributed by atoms with Gasteiger partial charge in [-0.25, -0.2) is 0 Å². The Morgan fingerprint density at radius 1 is 1.28 bits per heavy atom. The van der Waals surface area contributed by atoms with Crippen molar-refractivity contribution < 1.29 is 19.1 Å². The molecule has 0 saturated carbocycles. The third kappa shape index (κ3) is 5.16. The number of ether oxygens (including phenoxy) is 2. The summed E-state index contributed by atoms with van der Waals surface area (Å²) in [5.74, 6) is 0.678. The van der Waals surface area contributed by atoms with Gasteiger partial charge in [0.1, 0.15) is 5.75 Å². The quantitative estimate of drug-likeness (QED) is 0.664. The van der Waals surface area contributed by atoms with Gasteiger partial charge in [-0.05, 0) is 42.8 Å². The van der Waals surface area contributed by atoms with E-state index >= 15 is 0 Å². The maximum atomic E-state index is 12.9. The van der Waals surface area contributed by atoms with E-state index in [1.807, 2.05) is 46.7 Å². The minimum absolute atomic E-state index is 0.0322. The first-order chi connectivity index (χ1) is 14.2. The molecule has 1 atom stereocenters. The Hall–Kier alpha value is -2.38. The predicted octanol–water partition coefficient (Wildman–Crippen LogP) is 3.46. The Labute approximate surface area is 175 Å². The molecule has 1 aromatic heterocycles. The van der Waals surface area contributed by atoms with Gasteiger partial charge in [0.25, 0.3) is 5.91 Å². The number of benzene rings is 1. The topological polar surface area (TPSA) is 59.1 Å². The molecule has 154 valence electrons. The Morgan fingerprint density at radius 3 is 2.93 bits per heavy atom. The van der Waals surface area contributed by atoms with E-state index in [-0.39, 0.29) is 24.5 Å². The molecule has 0 spiro atoms. The van der Waals surface area contributed by atoms with E-state index in [0.29, 0.717) is 25.3 Å². The van der Waals surface area contributed by atoms with Gasteiger partial charge in [0.05, 0.1) is 12.6 Å². The van der Waals surface area contributed by atoms with Crippen LogP contribution in [0, 0.1) is 0 Å². The van der Waals surface area contributed by atoms with Gasteiger partial charge in [-0.1, -0.05) is 12.1 Å². The van der Waals surface area contributed by atoms with Crippen LogP contribution in [-0.4, -0.2) is 49.1 Å². The molecule has 29 heavy (non-hydrogen) atoms. The highest BCUT2D eigenvalue weighted by Gasteiger charge is 2.24. The minimum Gasteiger partial charge on any atom is -0.484 e. The van der Waals surface area contributed by atoms with Gasteiger partial charge in [0.15, 0.2) is 6.61 Å². The van der Waals surface area contributed by atoms with Gasteiger partial charge < -0.3 is 19.3 Å². The van der Waals surface area contributed by atoms with Crippen LogP contribution < -0.4 is 9.64 Å². The number of amides is 2. The van der Waals surface area contributed by atoms with Crippen LogP contribution in [-0.2, 0) is 20.9 Å². The van der Waals surface area contributed by atoms with Crippen LogP contribution in [0.25, 0.3) is 0 Å². The summed E-state index contributed by atoms with van der Waals surface area (Å²) in [4.78, 5) is 29.6. The first-order valence-corrected chi connectivity index (χ1v) is 11.0. The van der Waals surface area contributed by atoms with Crippen LogP contribution in [0.5, 0.6) is 5.75 Å². The molecule has 2 aliphatic heterocycles. The molecule has 2 aromatic rings. The van der Waals surface area contributed by atoms with Crippen molar-refractivity contribution in [3.63, 3.8) is 0 Å². The maximum absolute atomic E-state index is 12.9. The summed E-state index contributed by atoms with van der Waals surface area (Å²) < 4.78 is 11.5. The second kappa shape index (κ2) is 9.41. The molecule has 0 radical (unpaired) electrons. The van der Waals surface area contributed by atoms with Gasteiger partial charge in [0.2, 0.25) is 5.91 Å². The lowest BCUT2D eigenvalue weighted by Gasteiger charge is -2.25. The largest absolute Gasteiger partial charge is 0.484 e. The number of hydrogen-bond donors (Lipinski definition) is 0. The molecule has 2 aliphatic rings. The molecule has 6 nitrogen and oxygen atoms in total. The van der Waals surface area contributed by atoms with Gasteiger partial charge in [0, 0.05) is 42.7 Å². The Kier molecular flexibility index (Phi) is 6.46. The number of hydrogen-bond acceptors (Lipinski definition) is 5.